The number of nitrogens with one attached hydrogen (secondary N) is 1. The van der Waals surface area contributed by atoms with Crippen molar-refractivity contribution in [1.29, 1.82) is 0 Å². The lowest BCUT2D eigenvalue weighted by Crippen LogP contribution is -2.28. The van der Waals surface area contributed by atoms with Gasteiger partial charge >= 0.3 is 0 Å². The molecule has 1 aromatic carbocycles. The zero-order valence-electron chi connectivity index (χ0n) is 11.9. The van der Waals surface area contributed by atoms with Gasteiger partial charge in [-0.05, 0) is 37.4 Å². The Morgan fingerprint density at radius 3 is 3.05 bits per heavy atom. The topological polar surface area (TPSA) is 60.2 Å². The zero-order chi connectivity index (χ0) is 14.1. The Hall–Kier alpha value is -1.88. The van der Waals surface area contributed by atoms with Gasteiger partial charge in [0.25, 0.3) is 0 Å². The molecule has 1 fully saturated rings. The molecular formula is C16H19N3O2. The fraction of sp³-hybridized carbons (Fsp3) is 0.500. The number of aromatic nitrogens is 2. The lowest BCUT2D eigenvalue weighted by Gasteiger charge is -2.23. The first kappa shape index (κ1) is 12.8. The summed E-state index contributed by atoms with van der Waals surface area (Å²) >= 11 is 0. The van der Waals surface area contributed by atoms with Crippen LogP contribution in [-0.2, 0) is 6.42 Å². The van der Waals surface area contributed by atoms with E-state index < -0.39 is 0 Å². The molecule has 0 radical (unpaired) electrons. The van der Waals surface area contributed by atoms with E-state index >= 15 is 0 Å². The van der Waals surface area contributed by atoms with Crippen molar-refractivity contribution in [3.8, 4) is 5.75 Å². The van der Waals surface area contributed by atoms with Crippen molar-refractivity contribution < 1.29 is 9.26 Å². The second kappa shape index (κ2) is 5.48. The first-order valence-corrected chi connectivity index (χ1v) is 7.65. The van der Waals surface area contributed by atoms with Crippen molar-refractivity contribution in [2.24, 2.45) is 0 Å². The molecule has 5 heteroatoms. The van der Waals surface area contributed by atoms with Gasteiger partial charge in [-0.3, -0.25) is 0 Å². The summed E-state index contributed by atoms with van der Waals surface area (Å²) in [5.41, 5.74) is 1.22. The van der Waals surface area contributed by atoms with Gasteiger partial charge in [0.1, 0.15) is 5.75 Å². The molecule has 2 unspecified atom stereocenters. The largest absolute Gasteiger partial charge is 0.493 e. The Labute approximate surface area is 123 Å². The fourth-order valence-corrected chi connectivity index (χ4v) is 3.14. The number of nitrogens with zero attached hydrogens (tertiary/aromatic N) is 2. The molecule has 0 amide bonds. The molecule has 4 rings (SSSR count). The molecular weight excluding hydrogens is 266 g/mol. The molecule has 2 aliphatic heterocycles. The van der Waals surface area contributed by atoms with Crippen molar-refractivity contribution in [2.75, 3.05) is 19.7 Å². The van der Waals surface area contributed by atoms with E-state index in [-0.39, 0.29) is 5.92 Å². The van der Waals surface area contributed by atoms with E-state index in [0.717, 1.165) is 43.4 Å². The smallest absolute Gasteiger partial charge is 0.231 e. The summed E-state index contributed by atoms with van der Waals surface area (Å²) in [7, 11) is 0. The standard InChI is InChI=1S/C16H19N3O2/c1-2-6-14-11(4-1)8-13(10-20-14)15-18-16(21-19-15)12-5-3-7-17-9-12/h1-2,4,6,12-13,17H,3,5,7-10H2. The predicted molar refractivity (Wildman–Crippen MR) is 77.5 cm³/mol. The third kappa shape index (κ3) is 2.53. The predicted octanol–water partition coefficient (Wildman–Crippen LogP) is 2.26. The Morgan fingerprint density at radius 2 is 2.14 bits per heavy atom. The maximum atomic E-state index is 5.81. The quantitative estimate of drug-likeness (QED) is 0.917. The number of hydrogen-bond acceptors (Lipinski definition) is 5. The number of rotatable bonds is 2. The molecule has 0 aliphatic carbocycles. The highest BCUT2D eigenvalue weighted by atomic mass is 16.5. The van der Waals surface area contributed by atoms with Crippen molar-refractivity contribution in [1.82, 2.24) is 15.5 Å². The maximum Gasteiger partial charge on any atom is 0.231 e. The van der Waals surface area contributed by atoms with Gasteiger partial charge in [-0.2, -0.15) is 4.98 Å². The average Bonchev–Trinajstić information content (AvgIpc) is 3.05. The zero-order valence-corrected chi connectivity index (χ0v) is 11.9. The molecule has 2 aliphatic rings. The van der Waals surface area contributed by atoms with Crippen molar-refractivity contribution in [3.63, 3.8) is 0 Å². The lowest BCUT2D eigenvalue weighted by atomic mass is 9.96. The van der Waals surface area contributed by atoms with Crippen molar-refractivity contribution >= 4 is 0 Å². The van der Waals surface area contributed by atoms with Crippen LogP contribution in [-0.4, -0.2) is 29.8 Å². The van der Waals surface area contributed by atoms with Gasteiger partial charge in [-0.25, -0.2) is 0 Å². The summed E-state index contributed by atoms with van der Waals surface area (Å²) in [6.45, 7) is 2.65. The summed E-state index contributed by atoms with van der Waals surface area (Å²) in [5.74, 6) is 3.08. The van der Waals surface area contributed by atoms with Gasteiger partial charge in [0, 0.05) is 6.54 Å². The van der Waals surface area contributed by atoms with Crippen LogP contribution in [0.25, 0.3) is 0 Å². The van der Waals surface area contributed by atoms with E-state index in [1.807, 2.05) is 18.2 Å². The van der Waals surface area contributed by atoms with E-state index in [1.165, 1.54) is 12.0 Å². The molecule has 1 aromatic heterocycles. The van der Waals surface area contributed by atoms with Crippen LogP contribution in [0, 0.1) is 0 Å². The number of piperidine rings is 1. The van der Waals surface area contributed by atoms with E-state index in [4.69, 9.17) is 9.26 Å². The first-order chi connectivity index (χ1) is 10.4. The SMILES string of the molecule is c1ccc2c(c1)CC(c1noc(C3CCCNC3)n1)CO2. The Bertz CT molecular complexity index is 619. The highest BCUT2D eigenvalue weighted by Gasteiger charge is 2.27. The van der Waals surface area contributed by atoms with Crippen LogP contribution in [0.5, 0.6) is 5.75 Å². The Balaban J connectivity index is 1.51. The highest BCUT2D eigenvalue weighted by Crippen LogP contribution is 2.32. The first-order valence-electron chi connectivity index (χ1n) is 7.65. The molecule has 21 heavy (non-hydrogen) atoms. The van der Waals surface area contributed by atoms with Crippen LogP contribution < -0.4 is 10.1 Å². The molecule has 3 heterocycles. The van der Waals surface area contributed by atoms with Crippen LogP contribution in [0.2, 0.25) is 0 Å². The molecule has 1 saturated heterocycles. The molecule has 2 aromatic rings. The second-order valence-electron chi connectivity index (χ2n) is 5.85. The Morgan fingerprint density at radius 1 is 1.19 bits per heavy atom. The molecule has 2 atom stereocenters. The van der Waals surface area contributed by atoms with Gasteiger partial charge in [-0.1, -0.05) is 23.4 Å². The molecule has 0 saturated carbocycles. The van der Waals surface area contributed by atoms with E-state index in [2.05, 4.69) is 21.5 Å². The van der Waals surface area contributed by atoms with Gasteiger partial charge in [0.2, 0.25) is 5.89 Å². The fourth-order valence-electron chi connectivity index (χ4n) is 3.14. The molecule has 5 nitrogen and oxygen atoms in total. The van der Waals surface area contributed by atoms with Gasteiger partial charge in [-0.15, -0.1) is 0 Å². The van der Waals surface area contributed by atoms with Crippen LogP contribution in [0.4, 0.5) is 0 Å². The molecule has 1 N–H and O–H groups in total. The van der Waals surface area contributed by atoms with Gasteiger partial charge in [0.05, 0.1) is 18.4 Å². The molecule has 0 bridgehead atoms. The van der Waals surface area contributed by atoms with Crippen LogP contribution in [0.3, 0.4) is 0 Å². The monoisotopic (exact) mass is 285 g/mol. The van der Waals surface area contributed by atoms with Gasteiger partial charge in [0.15, 0.2) is 5.82 Å². The minimum Gasteiger partial charge on any atom is -0.493 e. The summed E-state index contributed by atoms with van der Waals surface area (Å²) < 4.78 is 11.3. The third-order valence-corrected chi connectivity index (χ3v) is 4.35. The normalized spacial score (nSPS) is 25.1. The summed E-state index contributed by atoms with van der Waals surface area (Å²) in [5, 5.41) is 7.58. The van der Waals surface area contributed by atoms with Crippen molar-refractivity contribution in [2.45, 2.75) is 31.1 Å². The summed E-state index contributed by atoms with van der Waals surface area (Å²) in [6, 6.07) is 8.16. The van der Waals surface area contributed by atoms with E-state index in [1.54, 1.807) is 0 Å². The minimum absolute atomic E-state index is 0.189. The average molecular weight is 285 g/mol. The number of benzene rings is 1. The molecule has 110 valence electrons. The third-order valence-electron chi connectivity index (χ3n) is 4.35. The lowest BCUT2D eigenvalue weighted by molar-refractivity contribution is 0.253. The van der Waals surface area contributed by atoms with Crippen molar-refractivity contribution in [3.05, 3.63) is 41.5 Å². The number of fused-ring (bicyclic) bond motifs is 1. The summed E-state index contributed by atoms with van der Waals surface area (Å²) in [6.07, 6.45) is 3.21. The number of hydrogen-bond donors (Lipinski definition) is 1. The Kier molecular flexibility index (Phi) is 3.35. The van der Waals surface area contributed by atoms with Crippen LogP contribution in [0.1, 0.15) is 42.0 Å². The van der Waals surface area contributed by atoms with Crippen LogP contribution in [0.15, 0.2) is 28.8 Å². The highest BCUT2D eigenvalue weighted by molar-refractivity contribution is 5.36. The van der Waals surface area contributed by atoms with E-state index in [0.29, 0.717) is 12.5 Å². The molecule has 0 spiro atoms. The number of para-hydroxylation sites is 1. The van der Waals surface area contributed by atoms with Crippen LogP contribution >= 0.6 is 0 Å². The number of ether oxygens (including phenoxy) is 1. The summed E-state index contributed by atoms with van der Waals surface area (Å²) in [4.78, 5) is 4.63. The van der Waals surface area contributed by atoms with Gasteiger partial charge < -0.3 is 14.6 Å². The minimum atomic E-state index is 0.189. The van der Waals surface area contributed by atoms with E-state index in [9.17, 15) is 0 Å². The second-order valence-corrected chi connectivity index (χ2v) is 5.85. The maximum absolute atomic E-state index is 5.81.